The van der Waals surface area contributed by atoms with Gasteiger partial charge < -0.3 is 25.7 Å². The molecule has 1 rings (SSSR count). The number of hydrogen-bond acceptors (Lipinski definition) is 5. The van der Waals surface area contributed by atoms with E-state index in [9.17, 15) is 20.1 Å². The normalized spacial score (nSPS) is 9.75. The van der Waals surface area contributed by atoms with Crippen molar-refractivity contribution in [1.29, 1.82) is 0 Å². The van der Waals surface area contributed by atoms with Gasteiger partial charge >= 0.3 is 0 Å². The van der Waals surface area contributed by atoms with Crippen LogP contribution in [0.4, 0.5) is 0 Å². The number of amides is 1. The van der Waals surface area contributed by atoms with Gasteiger partial charge in [0.25, 0.3) is 0 Å². The predicted molar refractivity (Wildman–Crippen MR) is 55.1 cm³/mol. The van der Waals surface area contributed by atoms with E-state index >= 15 is 0 Å². The minimum atomic E-state index is -0.831. The van der Waals surface area contributed by atoms with Crippen molar-refractivity contribution in [3.05, 3.63) is 24.3 Å². The number of carbonyl (C=O) groups is 1. The molecule has 0 aliphatic heterocycles. The Morgan fingerprint density at radius 1 is 1.25 bits per heavy atom. The minimum Gasteiger partial charge on any atom is -0.504 e. The summed E-state index contributed by atoms with van der Waals surface area (Å²) in [6.07, 6.45) is 1.04. The molecular formula is C10H11NO5. The number of hydrogen-bond donors (Lipinski definition) is 5. The van der Waals surface area contributed by atoms with Gasteiger partial charge in [-0.2, -0.15) is 0 Å². The molecule has 86 valence electrons. The van der Waals surface area contributed by atoms with Gasteiger partial charge in [0.05, 0.1) is 0 Å². The Labute approximate surface area is 91.1 Å². The second-order valence-corrected chi connectivity index (χ2v) is 3.02. The Morgan fingerprint density at radius 2 is 1.88 bits per heavy atom. The summed E-state index contributed by atoms with van der Waals surface area (Å²) in [7, 11) is 0. The molecule has 0 radical (unpaired) electrons. The van der Waals surface area contributed by atoms with E-state index in [1.165, 1.54) is 0 Å². The predicted octanol–water partition coefficient (Wildman–Crippen LogP) is 0.311. The van der Waals surface area contributed by atoms with Crippen LogP contribution in [-0.2, 0) is 11.3 Å². The summed E-state index contributed by atoms with van der Waals surface area (Å²) in [6.45, 7) is 3.12. The first-order valence-corrected chi connectivity index (χ1v) is 4.33. The van der Waals surface area contributed by atoms with Crippen molar-refractivity contribution in [2.75, 3.05) is 0 Å². The fourth-order valence-corrected chi connectivity index (χ4v) is 1.08. The maximum atomic E-state index is 10.8. The van der Waals surface area contributed by atoms with E-state index in [0.29, 0.717) is 0 Å². The zero-order chi connectivity index (χ0) is 12.3. The summed E-state index contributed by atoms with van der Waals surface area (Å²) in [5.41, 5.74) is 0.0722. The van der Waals surface area contributed by atoms with Crippen LogP contribution in [0.25, 0.3) is 0 Å². The highest BCUT2D eigenvalue weighted by Gasteiger charge is 2.16. The van der Waals surface area contributed by atoms with Crippen molar-refractivity contribution in [3.8, 4) is 23.0 Å². The number of phenolic OH excluding ortho intramolecular Hbond substituents is 4. The first-order valence-electron chi connectivity index (χ1n) is 4.33. The Bertz CT molecular complexity index is 441. The van der Waals surface area contributed by atoms with Gasteiger partial charge in [0.1, 0.15) is 0 Å². The van der Waals surface area contributed by atoms with Gasteiger partial charge in [-0.05, 0) is 12.1 Å². The van der Waals surface area contributed by atoms with Crippen molar-refractivity contribution < 1.29 is 25.2 Å². The van der Waals surface area contributed by atoms with Gasteiger partial charge in [-0.15, -0.1) is 0 Å². The van der Waals surface area contributed by atoms with E-state index in [4.69, 9.17) is 5.11 Å². The van der Waals surface area contributed by atoms with E-state index in [1.807, 2.05) is 0 Å². The molecule has 0 heterocycles. The second kappa shape index (κ2) is 4.43. The van der Waals surface area contributed by atoms with Gasteiger partial charge in [-0.1, -0.05) is 6.58 Å². The molecule has 16 heavy (non-hydrogen) atoms. The lowest BCUT2D eigenvalue weighted by atomic mass is 10.1. The van der Waals surface area contributed by atoms with E-state index in [0.717, 1.165) is 12.1 Å². The van der Waals surface area contributed by atoms with E-state index in [1.54, 1.807) is 0 Å². The lowest BCUT2D eigenvalue weighted by Crippen LogP contribution is -2.19. The molecule has 0 fully saturated rings. The summed E-state index contributed by atoms with van der Waals surface area (Å²) < 4.78 is 0. The average molecular weight is 225 g/mol. The molecule has 0 atom stereocenters. The number of aromatic hydroxyl groups is 4. The highest BCUT2D eigenvalue weighted by atomic mass is 16.3. The number of nitrogens with one attached hydrogen (secondary N) is 1. The first kappa shape index (κ1) is 11.7. The van der Waals surface area contributed by atoms with Crippen LogP contribution in [0.2, 0.25) is 0 Å². The molecule has 0 aliphatic rings. The van der Waals surface area contributed by atoms with E-state index in [-0.39, 0.29) is 12.1 Å². The third-order valence-electron chi connectivity index (χ3n) is 1.94. The summed E-state index contributed by atoms with van der Waals surface area (Å²) in [6, 6.07) is 1.04. The average Bonchev–Trinajstić information content (AvgIpc) is 2.28. The smallest absolute Gasteiger partial charge is 0.243 e. The van der Waals surface area contributed by atoms with Gasteiger partial charge in [0, 0.05) is 12.1 Å². The molecule has 0 saturated carbocycles. The maximum absolute atomic E-state index is 10.8. The van der Waals surface area contributed by atoms with Crippen LogP contribution in [0.3, 0.4) is 0 Å². The molecule has 1 aromatic carbocycles. The van der Waals surface area contributed by atoms with Crippen LogP contribution in [0.5, 0.6) is 23.0 Å². The van der Waals surface area contributed by atoms with Gasteiger partial charge in [-0.25, -0.2) is 0 Å². The third kappa shape index (κ3) is 2.17. The molecule has 0 unspecified atom stereocenters. The fourth-order valence-electron chi connectivity index (χ4n) is 1.08. The Balaban J connectivity index is 2.97. The summed E-state index contributed by atoms with van der Waals surface area (Å²) in [4.78, 5) is 10.8. The lowest BCUT2D eigenvalue weighted by Gasteiger charge is -2.09. The number of benzene rings is 1. The summed E-state index contributed by atoms with van der Waals surface area (Å²) in [5, 5.41) is 39.2. The van der Waals surface area contributed by atoms with Crippen molar-refractivity contribution >= 4 is 5.91 Å². The molecule has 5 N–H and O–H groups in total. The molecule has 6 nitrogen and oxygen atoms in total. The third-order valence-corrected chi connectivity index (χ3v) is 1.94. The van der Waals surface area contributed by atoms with Crippen LogP contribution in [0.1, 0.15) is 5.56 Å². The quantitative estimate of drug-likeness (QED) is 0.289. The molecule has 0 aliphatic carbocycles. The highest BCUT2D eigenvalue weighted by Crippen LogP contribution is 2.43. The van der Waals surface area contributed by atoms with Crippen molar-refractivity contribution in [2.24, 2.45) is 0 Å². The van der Waals surface area contributed by atoms with E-state index < -0.39 is 28.9 Å². The van der Waals surface area contributed by atoms with Crippen LogP contribution in [0.15, 0.2) is 18.7 Å². The summed E-state index contributed by atoms with van der Waals surface area (Å²) >= 11 is 0. The molecule has 0 spiro atoms. The van der Waals surface area contributed by atoms with Crippen LogP contribution in [-0.4, -0.2) is 26.3 Å². The molecule has 6 heteroatoms. The molecule has 0 bridgehead atoms. The van der Waals surface area contributed by atoms with Crippen LogP contribution < -0.4 is 5.32 Å². The fraction of sp³-hybridized carbons (Fsp3) is 0.100. The van der Waals surface area contributed by atoms with Crippen molar-refractivity contribution in [2.45, 2.75) is 6.54 Å². The zero-order valence-electron chi connectivity index (χ0n) is 8.27. The topological polar surface area (TPSA) is 110 Å². The second-order valence-electron chi connectivity index (χ2n) is 3.02. The first-order chi connectivity index (χ1) is 7.47. The standard InChI is InChI=1S/C10H11NO5/c1-2-7(13)11-4-5-3-6(12)9(15)10(16)8(5)14/h2-3,12,14-16H,1,4H2,(H,11,13). The Kier molecular flexibility index (Phi) is 3.24. The van der Waals surface area contributed by atoms with Crippen LogP contribution >= 0.6 is 0 Å². The maximum Gasteiger partial charge on any atom is 0.243 e. The molecule has 1 aromatic rings. The number of rotatable bonds is 3. The number of carbonyl (C=O) groups excluding carboxylic acids is 1. The van der Waals surface area contributed by atoms with Crippen molar-refractivity contribution in [1.82, 2.24) is 5.32 Å². The van der Waals surface area contributed by atoms with Gasteiger partial charge in [0.2, 0.25) is 17.4 Å². The largest absolute Gasteiger partial charge is 0.504 e. The van der Waals surface area contributed by atoms with E-state index in [2.05, 4.69) is 11.9 Å². The van der Waals surface area contributed by atoms with Gasteiger partial charge in [0.15, 0.2) is 11.5 Å². The van der Waals surface area contributed by atoms with Crippen molar-refractivity contribution in [3.63, 3.8) is 0 Å². The highest BCUT2D eigenvalue weighted by molar-refractivity contribution is 5.86. The van der Waals surface area contributed by atoms with Crippen LogP contribution in [0, 0.1) is 0 Å². The van der Waals surface area contributed by atoms with Gasteiger partial charge in [-0.3, -0.25) is 4.79 Å². The number of phenols is 4. The lowest BCUT2D eigenvalue weighted by molar-refractivity contribution is -0.116. The SMILES string of the molecule is C=CC(=O)NCc1cc(O)c(O)c(O)c1O. The summed E-state index contributed by atoms with van der Waals surface area (Å²) in [5.74, 6) is -3.29. The zero-order valence-corrected chi connectivity index (χ0v) is 8.27. The molecule has 1 amide bonds. The monoisotopic (exact) mass is 225 g/mol. The Morgan fingerprint density at radius 3 is 2.44 bits per heavy atom. The molecule has 0 saturated heterocycles. The molecule has 0 aromatic heterocycles. The Hall–Kier alpha value is -2.37. The molecular weight excluding hydrogens is 214 g/mol. The minimum absolute atomic E-state index is 0.0722.